The Morgan fingerprint density at radius 1 is 1.03 bits per heavy atom. The standard InChI is InChI=1S/C25H32N2O2/c28-23(21-9-4-5-10-21)26-16-14-25(18-26)13-6-15-27(25)24(29)22(20-11-12-20)17-19-7-2-1-3-8-19/h1-5,7-8,20-22H,6,9-18H2. The van der Waals surface area contributed by atoms with Crippen LogP contribution in [-0.4, -0.2) is 46.8 Å². The van der Waals surface area contributed by atoms with Gasteiger partial charge >= 0.3 is 0 Å². The first kappa shape index (κ1) is 18.9. The highest BCUT2D eigenvalue weighted by molar-refractivity contribution is 5.82. The third-order valence-corrected chi connectivity index (χ3v) is 7.67. The normalized spacial score (nSPS) is 27.9. The van der Waals surface area contributed by atoms with Crippen molar-refractivity contribution in [3.8, 4) is 0 Å². The monoisotopic (exact) mass is 392 g/mol. The molecule has 0 N–H and O–H groups in total. The number of benzene rings is 1. The highest BCUT2D eigenvalue weighted by atomic mass is 16.2. The van der Waals surface area contributed by atoms with Gasteiger partial charge in [-0.05, 0) is 62.8 Å². The molecule has 0 bridgehead atoms. The van der Waals surface area contributed by atoms with E-state index in [-0.39, 0.29) is 17.4 Å². The first-order chi connectivity index (χ1) is 14.2. The Kier molecular flexibility index (Phi) is 4.97. The van der Waals surface area contributed by atoms with Crippen LogP contribution in [0.5, 0.6) is 0 Å². The maximum atomic E-state index is 13.7. The van der Waals surface area contributed by atoms with Crippen molar-refractivity contribution in [1.29, 1.82) is 0 Å². The van der Waals surface area contributed by atoms with Gasteiger partial charge in [-0.2, -0.15) is 0 Å². The third-order valence-electron chi connectivity index (χ3n) is 7.67. The number of carbonyl (C=O) groups is 2. The van der Waals surface area contributed by atoms with E-state index in [0.29, 0.717) is 17.7 Å². The predicted octanol–water partition coefficient (Wildman–Crippen LogP) is 3.82. The SMILES string of the molecule is O=C(C1CC=CC1)N1CCC2(CCCN2C(=O)C(Cc2ccccc2)C2CC2)C1. The van der Waals surface area contributed by atoms with Crippen LogP contribution in [0.3, 0.4) is 0 Å². The molecule has 1 aromatic carbocycles. The Morgan fingerprint density at radius 3 is 2.52 bits per heavy atom. The lowest BCUT2D eigenvalue weighted by atomic mass is 9.89. The Bertz CT molecular complexity index is 792. The molecule has 29 heavy (non-hydrogen) atoms. The number of carbonyl (C=O) groups excluding carboxylic acids is 2. The van der Waals surface area contributed by atoms with Gasteiger partial charge in [0.25, 0.3) is 0 Å². The fourth-order valence-corrected chi connectivity index (χ4v) is 5.85. The zero-order valence-corrected chi connectivity index (χ0v) is 17.3. The molecule has 3 fully saturated rings. The van der Waals surface area contributed by atoms with E-state index in [9.17, 15) is 9.59 Å². The molecule has 4 heteroatoms. The lowest BCUT2D eigenvalue weighted by molar-refractivity contribution is -0.142. The van der Waals surface area contributed by atoms with Crippen molar-refractivity contribution in [2.24, 2.45) is 17.8 Å². The molecule has 1 aromatic rings. The molecule has 1 spiro atoms. The van der Waals surface area contributed by atoms with E-state index in [1.807, 2.05) is 6.07 Å². The fraction of sp³-hybridized carbons (Fsp3) is 0.600. The second-order valence-corrected chi connectivity index (χ2v) is 9.60. The van der Waals surface area contributed by atoms with Gasteiger partial charge < -0.3 is 9.80 Å². The molecule has 2 aliphatic heterocycles. The second kappa shape index (κ2) is 7.62. The van der Waals surface area contributed by atoms with Crippen molar-refractivity contribution in [2.45, 2.75) is 56.9 Å². The Hall–Kier alpha value is -2.10. The predicted molar refractivity (Wildman–Crippen MR) is 113 cm³/mol. The van der Waals surface area contributed by atoms with E-state index < -0.39 is 0 Å². The average molecular weight is 393 g/mol. The van der Waals surface area contributed by atoms with Gasteiger partial charge in [0.05, 0.1) is 5.54 Å². The Morgan fingerprint density at radius 2 is 1.79 bits per heavy atom. The molecular formula is C25H32N2O2. The molecule has 0 radical (unpaired) electrons. The molecule has 2 heterocycles. The van der Waals surface area contributed by atoms with Gasteiger partial charge in [-0.3, -0.25) is 9.59 Å². The number of allylic oxidation sites excluding steroid dienone is 2. The molecule has 4 nitrogen and oxygen atoms in total. The molecular weight excluding hydrogens is 360 g/mol. The summed E-state index contributed by atoms with van der Waals surface area (Å²) >= 11 is 0. The van der Waals surface area contributed by atoms with Crippen molar-refractivity contribution in [2.75, 3.05) is 19.6 Å². The van der Waals surface area contributed by atoms with Gasteiger partial charge in [0.15, 0.2) is 0 Å². The third kappa shape index (κ3) is 3.62. The van der Waals surface area contributed by atoms with E-state index in [1.54, 1.807) is 0 Å². The van der Waals surface area contributed by atoms with Crippen molar-refractivity contribution in [1.82, 2.24) is 9.80 Å². The average Bonchev–Trinajstić information content (AvgIpc) is 3.14. The zero-order valence-electron chi connectivity index (χ0n) is 17.3. The van der Waals surface area contributed by atoms with Gasteiger partial charge in [0, 0.05) is 31.5 Å². The molecule has 2 unspecified atom stereocenters. The van der Waals surface area contributed by atoms with Crippen LogP contribution in [0.1, 0.15) is 50.5 Å². The lowest BCUT2D eigenvalue weighted by Crippen LogP contribution is -2.52. The number of likely N-dealkylation sites (tertiary alicyclic amines) is 2. The van der Waals surface area contributed by atoms with E-state index >= 15 is 0 Å². The molecule has 2 saturated heterocycles. The van der Waals surface area contributed by atoms with E-state index in [0.717, 1.165) is 58.2 Å². The smallest absolute Gasteiger partial charge is 0.226 e. The molecule has 2 atom stereocenters. The first-order valence-corrected chi connectivity index (χ1v) is 11.5. The number of nitrogens with zero attached hydrogens (tertiary/aromatic N) is 2. The summed E-state index contributed by atoms with van der Waals surface area (Å²) in [7, 11) is 0. The molecule has 2 amide bonds. The van der Waals surface area contributed by atoms with Crippen LogP contribution in [0.25, 0.3) is 0 Å². The summed E-state index contributed by atoms with van der Waals surface area (Å²) in [4.78, 5) is 30.9. The van der Waals surface area contributed by atoms with E-state index in [2.05, 4.69) is 46.2 Å². The van der Waals surface area contributed by atoms with Crippen LogP contribution in [-0.2, 0) is 16.0 Å². The molecule has 154 valence electrons. The number of hydrogen-bond acceptors (Lipinski definition) is 2. The van der Waals surface area contributed by atoms with Crippen molar-refractivity contribution < 1.29 is 9.59 Å². The minimum absolute atomic E-state index is 0.108. The zero-order chi connectivity index (χ0) is 19.8. The fourth-order valence-electron chi connectivity index (χ4n) is 5.85. The number of hydrogen-bond donors (Lipinski definition) is 0. The van der Waals surface area contributed by atoms with Crippen LogP contribution < -0.4 is 0 Å². The van der Waals surface area contributed by atoms with Gasteiger partial charge in [0.2, 0.25) is 11.8 Å². The summed E-state index contributed by atoms with van der Waals surface area (Å²) in [5.41, 5.74) is 1.16. The Labute approximate surface area is 173 Å². The molecule has 1 saturated carbocycles. The van der Waals surface area contributed by atoms with Crippen LogP contribution in [0.2, 0.25) is 0 Å². The summed E-state index contributed by atoms with van der Waals surface area (Å²) in [6.07, 6.45) is 12.3. The second-order valence-electron chi connectivity index (χ2n) is 9.60. The first-order valence-electron chi connectivity index (χ1n) is 11.5. The van der Waals surface area contributed by atoms with Gasteiger partial charge in [-0.15, -0.1) is 0 Å². The Balaban J connectivity index is 1.30. The number of rotatable bonds is 5. The summed E-state index contributed by atoms with van der Waals surface area (Å²) in [5.74, 6) is 1.44. The summed E-state index contributed by atoms with van der Waals surface area (Å²) in [6, 6.07) is 10.5. The quantitative estimate of drug-likeness (QED) is 0.715. The topological polar surface area (TPSA) is 40.6 Å². The highest BCUT2D eigenvalue weighted by Gasteiger charge is 2.52. The van der Waals surface area contributed by atoms with Gasteiger partial charge in [-0.25, -0.2) is 0 Å². The highest BCUT2D eigenvalue weighted by Crippen LogP contribution is 2.44. The lowest BCUT2D eigenvalue weighted by Gasteiger charge is -2.37. The molecule has 5 rings (SSSR count). The van der Waals surface area contributed by atoms with E-state index in [4.69, 9.17) is 0 Å². The van der Waals surface area contributed by atoms with Crippen LogP contribution >= 0.6 is 0 Å². The largest absolute Gasteiger partial charge is 0.340 e. The van der Waals surface area contributed by atoms with Crippen LogP contribution in [0.4, 0.5) is 0 Å². The maximum Gasteiger partial charge on any atom is 0.226 e. The van der Waals surface area contributed by atoms with Crippen molar-refractivity contribution in [3.05, 3.63) is 48.0 Å². The number of amides is 2. The minimum Gasteiger partial charge on any atom is -0.340 e. The summed E-state index contributed by atoms with van der Waals surface area (Å²) in [6.45, 7) is 2.42. The summed E-state index contributed by atoms with van der Waals surface area (Å²) in [5, 5.41) is 0. The maximum absolute atomic E-state index is 13.7. The van der Waals surface area contributed by atoms with Crippen molar-refractivity contribution in [3.63, 3.8) is 0 Å². The van der Waals surface area contributed by atoms with Crippen molar-refractivity contribution >= 4 is 11.8 Å². The summed E-state index contributed by atoms with van der Waals surface area (Å²) < 4.78 is 0. The van der Waals surface area contributed by atoms with Gasteiger partial charge in [-0.1, -0.05) is 42.5 Å². The molecule has 0 aromatic heterocycles. The van der Waals surface area contributed by atoms with E-state index in [1.165, 1.54) is 18.4 Å². The van der Waals surface area contributed by atoms with Crippen LogP contribution in [0, 0.1) is 17.8 Å². The minimum atomic E-state index is -0.109. The molecule has 2 aliphatic carbocycles. The van der Waals surface area contributed by atoms with Gasteiger partial charge in [0.1, 0.15) is 0 Å². The molecule has 4 aliphatic rings. The van der Waals surface area contributed by atoms with Crippen LogP contribution in [0.15, 0.2) is 42.5 Å².